The van der Waals surface area contributed by atoms with Gasteiger partial charge in [-0.3, -0.25) is 0 Å². The van der Waals surface area contributed by atoms with Gasteiger partial charge in [0, 0.05) is 12.6 Å². The van der Waals surface area contributed by atoms with Crippen LogP contribution < -0.4 is 10.1 Å². The summed E-state index contributed by atoms with van der Waals surface area (Å²) in [5.74, 6) is 0.930. The largest absolute Gasteiger partial charge is 0.495 e. The molecule has 0 bridgehead atoms. The molecule has 1 saturated carbocycles. The Morgan fingerprint density at radius 2 is 2.21 bits per heavy atom. The van der Waals surface area contributed by atoms with Crippen LogP contribution in [0.2, 0.25) is 0 Å². The van der Waals surface area contributed by atoms with Crippen LogP contribution >= 0.6 is 0 Å². The van der Waals surface area contributed by atoms with Crippen molar-refractivity contribution in [2.75, 3.05) is 19.0 Å². The number of aryl methyl sites for hydroxylation is 1. The minimum atomic E-state index is 0.187. The first-order valence-corrected chi connectivity index (χ1v) is 7.26. The van der Waals surface area contributed by atoms with Crippen LogP contribution in [0.1, 0.15) is 37.7 Å². The molecule has 1 atom stereocenters. The van der Waals surface area contributed by atoms with Crippen LogP contribution in [0.25, 0.3) is 0 Å². The van der Waals surface area contributed by atoms with Crippen molar-refractivity contribution in [3.05, 3.63) is 23.8 Å². The van der Waals surface area contributed by atoms with E-state index in [9.17, 15) is 0 Å². The van der Waals surface area contributed by atoms with Gasteiger partial charge < -0.3 is 14.8 Å². The van der Waals surface area contributed by atoms with Crippen LogP contribution in [0.5, 0.6) is 5.75 Å². The third kappa shape index (κ3) is 2.57. The second-order valence-corrected chi connectivity index (χ2v) is 5.92. The number of hydrogen-bond donors (Lipinski definition) is 1. The lowest BCUT2D eigenvalue weighted by Crippen LogP contribution is -2.49. The van der Waals surface area contributed by atoms with Gasteiger partial charge in [0.15, 0.2) is 0 Å². The molecule has 3 rings (SSSR count). The lowest BCUT2D eigenvalue weighted by atomic mass is 9.74. The zero-order valence-corrected chi connectivity index (χ0v) is 11.9. The monoisotopic (exact) mass is 261 g/mol. The van der Waals surface area contributed by atoms with Gasteiger partial charge in [-0.15, -0.1) is 0 Å². The van der Waals surface area contributed by atoms with E-state index in [1.807, 2.05) is 6.07 Å². The summed E-state index contributed by atoms with van der Waals surface area (Å²) < 4.78 is 11.4. The normalized spacial score (nSPS) is 24.8. The highest BCUT2D eigenvalue weighted by molar-refractivity contribution is 5.58. The zero-order chi connectivity index (χ0) is 13.3. The fourth-order valence-electron chi connectivity index (χ4n) is 3.23. The van der Waals surface area contributed by atoms with E-state index >= 15 is 0 Å². The van der Waals surface area contributed by atoms with Crippen LogP contribution in [0.4, 0.5) is 5.69 Å². The van der Waals surface area contributed by atoms with Crippen molar-refractivity contribution in [3.63, 3.8) is 0 Å². The highest BCUT2D eigenvalue weighted by atomic mass is 16.5. The van der Waals surface area contributed by atoms with Crippen LogP contribution in [0, 0.1) is 6.92 Å². The van der Waals surface area contributed by atoms with E-state index in [4.69, 9.17) is 9.47 Å². The summed E-state index contributed by atoms with van der Waals surface area (Å²) in [4.78, 5) is 0. The summed E-state index contributed by atoms with van der Waals surface area (Å²) in [6.07, 6.45) is 6.00. The molecule has 0 aromatic heterocycles. The number of rotatable bonds is 3. The summed E-state index contributed by atoms with van der Waals surface area (Å²) in [5.41, 5.74) is 2.56. The average Bonchev–Trinajstić information content (AvgIpc) is 2.37. The Bertz CT molecular complexity index is 454. The fraction of sp³-hybridized carbons (Fsp3) is 0.625. The Labute approximate surface area is 115 Å². The molecular weight excluding hydrogens is 238 g/mol. The van der Waals surface area contributed by atoms with E-state index in [-0.39, 0.29) is 5.60 Å². The van der Waals surface area contributed by atoms with Crippen LogP contribution in [-0.4, -0.2) is 25.4 Å². The van der Waals surface area contributed by atoms with Crippen molar-refractivity contribution in [1.29, 1.82) is 0 Å². The predicted octanol–water partition coefficient (Wildman–Crippen LogP) is 3.52. The molecule has 3 heteroatoms. The number of ether oxygens (including phenoxy) is 2. The molecule has 2 aliphatic rings. The van der Waals surface area contributed by atoms with Crippen molar-refractivity contribution in [2.24, 2.45) is 0 Å². The number of methoxy groups -OCH3 is 1. The molecule has 1 saturated heterocycles. The van der Waals surface area contributed by atoms with Crippen LogP contribution in [-0.2, 0) is 4.74 Å². The summed E-state index contributed by atoms with van der Waals surface area (Å²) >= 11 is 0. The van der Waals surface area contributed by atoms with Crippen molar-refractivity contribution < 1.29 is 9.47 Å². The minimum Gasteiger partial charge on any atom is -0.495 e. The van der Waals surface area contributed by atoms with E-state index in [1.165, 1.54) is 24.8 Å². The Kier molecular flexibility index (Phi) is 3.40. The van der Waals surface area contributed by atoms with Crippen molar-refractivity contribution >= 4 is 5.69 Å². The van der Waals surface area contributed by atoms with Crippen molar-refractivity contribution in [3.8, 4) is 5.75 Å². The molecule has 1 aliphatic carbocycles. The molecule has 104 valence electrons. The molecule has 0 amide bonds. The summed E-state index contributed by atoms with van der Waals surface area (Å²) in [5, 5.41) is 3.66. The van der Waals surface area contributed by atoms with Gasteiger partial charge in [-0.05, 0) is 56.7 Å². The van der Waals surface area contributed by atoms with Gasteiger partial charge >= 0.3 is 0 Å². The first-order valence-electron chi connectivity index (χ1n) is 7.26. The van der Waals surface area contributed by atoms with E-state index in [1.54, 1.807) is 7.11 Å². The molecule has 3 nitrogen and oxygen atoms in total. The Hall–Kier alpha value is -1.22. The highest BCUT2D eigenvalue weighted by Crippen LogP contribution is 2.43. The number of benzene rings is 1. The first-order chi connectivity index (χ1) is 9.21. The van der Waals surface area contributed by atoms with E-state index in [0.717, 1.165) is 30.9 Å². The first kappa shape index (κ1) is 12.8. The Balaban J connectivity index is 1.72. The lowest BCUT2D eigenvalue weighted by Gasteiger charge is -2.47. The molecule has 1 aromatic rings. The summed E-state index contributed by atoms with van der Waals surface area (Å²) in [6, 6.07) is 6.80. The maximum atomic E-state index is 5.98. The molecule has 1 heterocycles. The molecule has 0 radical (unpaired) electrons. The summed E-state index contributed by atoms with van der Waals surface area (Å²) in [7, 11) is 1.73. The van der Waals surface area contributed by atoms with E-state index in [0.29, 0.717) is 6.04 Å². The quantitative estimate of drug-likeness (QED) is 0.903. The standard InChI is InChI=1S/C16H23NO2/c1-12-4-5-15(18-2)14(10-12)17-13-6-9-19-16(11-13)7-3-8-16/h4-5,10,13,17H,3,6-9,11H2,1-2H3. The fourth-order valence-corrected chi connectivity index (χ4v) is 3.23. The van der Waals surface area contributed by atoms with Crippen molar-refractivity contribution in [2.45, 2.75) is 50.7 Å². The van der Waals surface area contributed by atoms with Gasteiger partial charge in [-0.1, -0.05) is 6.07 Å². The Morgan fingerprint density at radius 1 is 1.37 bits per heavy atom. The molecule has 1 unspecified atom stereocenters. The molecule has 2 fully saturated rings. The second kappa shape index (κ2) is 5.04. The van der Waals surface area contributed by atoms with Gasteiger partial charge in [-0.2, -0.15) is 0 Å². The van der Waals surface area contributed by atoms with E-state index < -0.39 is 0 Å². The second-order valence-electron chi connectivity index (χ2n) is 5.92. The Morgan fingerprint density at radius 3 is 2.89 bits per heavy atom. The third-order valence-corrected chi connectivity index (χ3v) is 4.47. The molecule has 1 aliphatic heterocycles. The summed E-state index contributed by atoms with van der Waals surface area (Å²) in [6.45, 7) is 2.99. The van der Waals surface area contributed by atoms with Gasteiger partial charge in [0.25, 0.3) is 0 Å². The highest BCUT2D eigenvalue weighted by Gasteiger charge is 2.42. The molecule has 1 N–H and O–H groups in total. The smallest absolute Gasteiger partial charge is 0.141 e. The van der Waals surface area contributed by atoms with Gasteiger partial charge in [0.1, 0.15) is 5.75 Å². The zero-order valence-electron chi connectivity index (χ0n) is 11.9. The van der Waals surface area contributed by atoms with E-state index in [2.05, 4.69) is 24.4 Å². The molecular formula is C16H23NO2. The van der Waals surface area contributed by atoms with Gasteiger partial charge in [0.2, 0.25) is 0 Å². The number of anilines is 1. The maximum Gasteiger partial charge on any atom is 0.141 e. The van der Waals surface area contributed by atoms with Crippen LogP contribution in [0.15, 0.2) is 18.2 Å². The van der Waals surface area contributed by atoms with Gasteiger partial charge in [-0.25, -0.2) is 0 Å². The predicted molar refractivity (Wildman–Crippen MR) is 76.9 cm³/mol. The lowest BCUT2D eigenvalue weighted by molar-refractivity contribution is -0.130. The molecule has 1 aromatic carbocycles. The topological polar surface area (TPSA) is 30.5 Å². The molecule has 1 spiro atoms. The number of hydrogen-bond acceptors (Lipinski definition) is 3. The number of nitrogens with one attached hydrogen (secondary N) is 1. The maximum absolute atomic E-state index is 5.98. The minimum absolute atomic E-state index is 0.187. The average molecular weight is 261 g/mol. The van der Waals surface area contributed by atoms with Crippen LogP contribution in [0.3, 0.4) is 0 Å². The van der Waals surface area contributed by atoms with Gasteiger partial charge in [0.05, 0.1) is 18.4 Å². The van der Waals surface area contributed by atoms with Crippen molar-refractivity contribution in [1.82, 2.24) is 0 Å². The molecule has 19 heavy (non-hydrogen) atoms. The third-order valence-electron chi connectivity index (χ3n) is 4.47. The SMILES string of the molecule is COc1ccc(C)cc1NC1CCOC2(CCC2)C1.